The van der Waals surface area contributed by atoms with Crippen LogP contribution in [0, 0.1) is 6.92 Å². The van der Waals surface area contributed by atoms with E-state index in [0.29, 0.717) is 16.7 Å². The molecule has 1 aliphatic rings. The summed E-state index contributed by atoms with van der Waals surface area (Å²) in [7, 11) is 0. The second-order valence-corrected chi connectivity index (χ2v) is 8.03. The number of thioether (sulfide) groups is 1. The number of benzene rings is 2. The molecule has 0 aliphatic carbocycles. The van der Waals surface area contributed by atoms with Crippen molar-refractivity contribution in [2.45, 2.75) is 38.5 Å². The van der Waals surface area contributed by atoms with Crippen molar-refractivity contribution in [2.75, 3.05) is 0 Å². The Morgan fingerprint density at radius 3 is 2.63 bits per heavy atom. The molecule has 1 fully saturated rings. The van der Waals surface area contributed by atoms with Crippen LogP contribution in [0.4, 0.5) is 0 Å². The van der Waals surface area contributed by atoms with Gasteiger partial charge in [0.2, 0.25) is 5.91 Å². The Balaban J connectivity index is 1.82. The Kier molecular flexibility index (Phi) is 6.69. The summed E-state index contributed by atoms with van der Waals surface area (Å²) in [6.07, 6.45) is 3.48. The van der Waals surface area contributed by atoms with Crippen LogP contribution >= 0.6 is 23.4 Å². The van der Waals surface area contributed by atoms with Gasteiger partial charge in [-0.1, -0.05) is 73.1 Å². The second kappa shape index (κ2) is 9.20. The molecule has 0 bridgehead atoms. The number of aryl methyl sites for hydroxylation is 1. The lowest BCUT2D eigenvalue weighted by atomic mass is 10.1. The van der Waals surface area contributed by atoms with Gasteiger partial charge < -0.3 is 0 Å². The summed E-state index contributed by atoms with van der Waals surface area (Å²) in [5, 5.41) is 9.82. The second-order valence-electron chi connectivity index (χ2n) is 6.42. The fraction of sp³-hybridized carbons (Fsp3) is 0.286. The van der Waals surface area contributed by atoms with E-state index in [1.165, 1.54) is 17.3 Å². The Labute approximate surface area is 169 Å². The minimum atomic E-state index is -0.0801. The topological polar surface area (TPSA) is 45.0 Å². The van der Waals surface area contributed by atoms with E-state index in [1.54, 1.807) is 11.1 Å². The Morgan fingerprint density at radius 2 is 1.93 bits per heavy atom. The largest absolute Gasteiger partial charge is 0.284 e. The summed E-state index contributed by atoms with van der Waals surface area (Å²) in [6.45, 7) is 4.67. The van der Waals surface area contributed by atoms with Crippen molar-refractivity contribution in [3.05, 3.63) is 70.2 Å². The predicted molar refractivity (Wildman–Crippen MR) is 114 cm³/mol. The van der Waals surface area contributed by atoms with Crippen LogP contribution in [-0.4, -0.2) is 27.4 Å². The van der Waals surface area contributed by atoms with Crippen LogP contribution in [0.2, 0.25) is 5.02 Å². The van der Waals surface area contributed by atoms with Crippen molar-refractivity contribution >= 4 is 40.7 Å². The molecule has 1 amide bonds. The highest BCUT2D eigenvalue weighted by Gasteiger charge is 2.37. The molecule has 27 heavy (non-hydrogen) atoms. The molecule has 0 spiro atoms. The smallest absolute Gasteiger partial charge is 0.242 e. The summed E-state index contributed by atoms with van der Waals surface area (Å²) < 4.78 is 0. The molecule has 3 rings (SSSR count). The molecule has 0 radical (unpaired) electrons. The van der Waals surface area contributed by atoms with Gasteiger partial charge in [0.1, 0.15) is 0 Å². The number of halogens is 1. The molecule has 0 N–H and O–H groups in total. The first-order chi connectivity index (χ1) is 13.1. The van der Waals surface area contributed by atoms with Gasteiger partial charge in [-0.15, -0.1) is 5.10 Å². The molecular weight excluding hydrogens is 378 g/mol. The molecule has 1 heterocycles. The summed E-state index contributed by atoms with van der Waals surface area (Å²) in [5.74, 6) is 0.116. The Hall–Kier alpha value is -2.11. The van der Waals surface area contributed by atoms with E-state index in [4.69, 9.17) is 11.6 Å². The molecule has 1 unspecified atom stereocenters. The highest BCUT2D eigenvalue weighted by atomic mass is 35.5. The molecule has 6 heteroatoms. The maximum absolute atomic E-state index is 12.8. The van der Waals surface area contributed by atoms with Gasteiger partial charge in [-0.2, -0.15) is 5.10 Å². The van der Waals surface area contributed by atoms with Crippen molar-refractivity contribution < 1.29 is 4.79 Å². The lowest BCUT2D eigenvalue weighted by Crippen LogP contribution is -2.31. The van der Waals surface area contributed by atoms with Crippen LogP contribution in [-0.2, 0) is 11.3 Å². The summed E-state index contributed by atoms with van der Waals surface area (Å²) in [6, 6.07) is 15.5. The fourth-order valence-electron chi connectivity index (χ4n) is 2.83. The van der Waals surface area contributed by atoms with Crippen molar-refractivity contribution in [3.63, 3.8) is 0 Å². The number of nitrogens with zero attached hydrogens (tertiary/aromatic N) is 3. The fourth-order valence-corrected chi connectivity index (χ4v) is 4.17. The summed E-state index contributed by atoms with van der Waals surface area (Å²) in [4.78, 5) is 14.6. The number of amides is 1. The average molecular weight is 400 g/mol. The molecule has 4 nitrogen and oxygen atoms in total. The third-order valence-corrected chi connectivity index (χ3v) is 5.87. The third-order valence-electron chi connectivity index (χ3n) is 4.38. The number of carbonyl (C=O) groups excluding carboxylic acids is 1. The quantitative estimate of drug-likeness (QED) is 0.489. The predicted octanol–water partition coefficient (Wildman–Crippen LogP) is 5.28. The SMILES string of the molecule is CCCC1SC(=NN=Cc2ccc(Cl)cc2)N(Cc2ccccc2C)C1=O. The Morgan fingerprint density at radius 1 is 1.19 bits per heavy atom. The maximum atomic E-state index is 12.8. The molecule has 2 aromatic rings. The van der Waals surface area contributed by atoms with Crippen LogP contribution < -0.4 is 0 Å². The van der Waals surface area contributed by atoms with Gasteiger partial charge in [0.25, 0.3) is 0 Å². The molecule has 1 aliphatic heterocycles. The summed E-state index contributed by atoms with van der Waals surface area (Å²) in [5.41, 5.74) is 3.20. The number of amidine groups is 1. The van der Waals surface area contributed by atoms with Crippen molar-refractivity contribution in [3.8, 4) is 0 Å². The molecule has 1 saturated heterocycles. The maximum Gasteiger partial charge on any atom is 0.242 e. The average Bonchev–Trinajstić information content (AvgIpc) is 2.95. The van der Waals surface area contributed by atoms with Gasteiger partial charge in [0.05, 0.1) is 18.0 Å². The molecule has 0 aromatic heterocycles. The van der Waals surface area contributed by atoms with Crippen molar-refractivity contribution in [2.24, 2.45) is 10.2 Å². The standard InChI is InChI=1S/C21H22ClN3OS/c1-3-6-19-20(26)25(14-17-8-5-4-7-15(17)2)21(27-19)24-23-13-16-9-11-18(22)12-10-16/h4-5,7-13,19H,3,6,14H2,1-2H3. The highest BCUT2D eigenvalue weighted by molar-refractivity contribution is 8.15. The van der Waals surface area contributed by atoms with E-state index in [9.17, 15) is 4.79 Å². The van der Waals surface area contributed by atoms with Crippen LogP contribution in [0.15, 0.2) is 58.7 Å². The zero-order valence-corrected chi connectivity index (χ0v) is 17.0. The lowest BCUT2D eigenvalue weighted by Gasteiger charge is -2.17. The van der Waals surface area contributed by atoms with E-state index in [2.05, 4.69) is 36.2 Å². The van der Waals surface area contributed by atoms with Crippen LogP contribution in [0.5, 0.6) is 0 Å². The van der Waals surface area contributed by atoms with Crippen LogP contribution in [0.1, 0.15) is 36.5 Å². The van der Waals surface area contributed by atoms with Crippen molar-refractivity contribution in [1.29, 1.82) is 0 Å². The van der Waals surface area contributed by atoms with E-state index in [0.717, 1.165) is 24.0 Å². The first-order valence-corrected chi connectivity index (χ1v) is 10.2. The number of rotatable bonds is 6. The van der Waals surface area contributed by atoms with E-state index in [-0.39, 0.29) is 11.2 Å². The summed E-state index contributed by atoms with van der Waals surface area (Å²) >= 11 is 7.41. The minimum absolute atomic E-state index is 0.0801. The highest BCUT2D eigenvalue weighted by Crippen LogP contribution is 2.32. The van der Waals surface area contributed by atoms with Gasteiger partial charge in [0.15, 0.2) is 5.17 Å². The third kappa shape index (κ3) is 4.99. The van der Waals surface area contributed by atoms with E-state index in [1.807, 2.05) is 36.4 Å². The van der Waals surface area contributed by atoms with Gasteiger partial charge >= 0.3 is 0 Å². The van der Waals surface area contributed by atoms with Crippen LogP contribution in [0.3, 0.4) is 0 Å². The minimum Gasteiger partial charge on any atom is -0.284 e. The number of hydrogen-bond acceptors (Lipinski definition) is 4. The molecule has 0 saturated carbocycles. The molecule has 1 atom stereocenters. The molecule has 140 valence electrons. The van der Waals surface area contributed by atoms with Gasteiger partial charge in [-0.3, -0.25) is 9.69 Å². The zero-order chi connectivity index (χ0) is 19.2. The van der Waals surface area contributed by atoms with Gasteiger partial charge in [-0.05, 0) is 42.2 Å². The van der Waals surface area contributed by atoms with Gasteiger partial charge in [0, 0.05) is 5.02 Å². The Bertz CT molecular complexity index is 864. The van der Waals surface area contributed by atoms with E-state index >= 15 is 0 Å². The number of carbonyl (C=O) groups is 1. The zero-order valence-electron chi connectivity index (χ0n) is 15.4. The molecule has 2 aromatic carbocycles. The number of hydrogen-bond donors (Lipinski definition) is 0. The van der Waals surface area contributed by atoms with Crippen molar-refractivity contribution in [1.82, 2.24) is 4.90 Å². The normalized spacial score (nSPS) is 18.8. The first kappa shape index (κ1) is 19.6. The van der Waals surface area contributed by atoms with Crippen LogP contribution in [0.25, 0.3) is 0 Å². The van der Waals surface area contributed by atoms with Gasteiger partial charge in [-0.25, -0.2) is 0 Å². The first-order valence-electron chi connectivity index (χ1n) is 8.97. The lowest BCUT2D eigenvalue weighted by molar-refractivity contribution is -0.126. The van der Waals surface area contributed by atoms with E-state index < -0.39 is 0 Å². The monoisotopic (exact) mass is 399 g/mol. The molecular formula is C21H22ClN3OS.